The lowest BCUT2D eigenvalue weighted by atomic mass is 10.1. The van der Waals surface area contributed by atoms with Crippen molar-refractivity contribution in [1.82, 2.24) is 4.57 Å². The average molecular weight is 468 g/mol. The Labute approximate surface area is 181 Å². The zero-order valence-corrected chi connectivity index (χ0v) is 18.0. The van der Waals surface area contributed by atoms with Crippen molar-refractivity contribution in [3.8, 4) is 11.4 Å². The zero-order chi connectivity index (χ0) is 20.4. The highest BCUT2D eigenvalue weighted by Crippen LogP contribution is 2.38. The highest BCUT2D eigenvalue weighted by molar-refractivity contribution is 9.10. The summed E-state index contributed by atoms with van der Waals surface area (Å²) >= 11 is 5.16. The lowest BCUT2D eigenvalue weighted by Gasteiger charge is -2.12. The summed E-state index contributed by atoms with van der Waals surface area (Å²) in [4.78, 5) is 13.4. The lowest BCUT2D eigenvalue weighted by molar-refractivity contribution is 0.0698. The molecule has 0 amide bonds. The van der Waals surface area contributed by atoms with Gasteiger partial charge in [-0.25, -0.2) is 4.79 Å². The third-order valence-corrected chi connectivity index (χ3v) is 6.33. The molecule has 3 aromatic carbocycles. The number of fused-ring (bicyclic) bond motifs is 1. The van der Waals surface area contributed by atoms with Crippen molar-refractivity contribution in [2.75, 3.05) is 7.11 Å². The third kappa shape index (κ3) is 3.78. The quantitative estimate of drug-likeness (QED) is 0.333. The van der Waals surface area contributed by atoms with Crippen molar-refractivity contribution in [1.29, 1.82) is 0 Å². The summed E-state index contributed by atoms with van der Waals surface area (Å²) in [6, 6.07) is 23.5. The molecule has 0 radical (unpaired) electrons. The topological polar surface area (TPSA) is 51.5 Å². The standard InChI is InChI=1S/C23H18BrNO3S/c1-28-21-12-17-19(13-18(21)24)25(15-8-4-2-5-9-15)20(22(17)23(26)27)14-29-16-10-6-3-7-11-16/h2-13H,14H2,1H3,(H,26,27). The van der Waals surface area contributed by atoms with Crippen molar-refractivity contribution in [3.63, 3.8) is 0 Å². The van der Waals surface area contributed by atoms with Crippen LogP contribution in [-0.2, 0) is 5.75 Å². The maximum atomic E-state index is 12.3. The van der Waals surface area contributed by atoms with Gasteiger partial charge in [-0.1, -0.05) is 36.4 Å². The molecule has 4 nitrogen and oxygen atoms in total. The number of aromatic carboxylic acids is 1. The molecule has 1 aromatic heterocycles. The van der Waals surface area contributed by atoms with E-state index in [9.17, 15) is 9.90 Å². The molecular formula is C23H18BrNO3S. The molecule has 0 aliphatic rings. The number of para-hydroxylation sites is 1. The average Bonchev–Trinajstić information content (AvgIpc) is 3.06. The van der Waals surface area contributed by atoms with Crippen LogP contribution in [0.1, 0.15) is 16.1 Å². The summed E-state index contributed by atoms with van der Waals surface area (Å²) in [6.45, 7) is 0. The summed E-state index contributed by atoms with van der Waals surface area (Å²) in [5, 5.41) is 10.7. The molecule has 0 unspecified atom stereocenters. The van der Waals surface area contributed by atoms with E-state index in [0.29, 0.717) is 22.5 Å². The molecule has 4 aromatic rings. The first-order valence-corrected chi connectivity index (χ1v) is 10.8. The number of halogens is 1. The fraction of sp³-hybridized carbons (Fsp3) is 0.0870. The number of rotatable bonds is 6. The number of hydrogen-bond acceptors (Lipinski definition) is 3. The summed E-state index contributed by atoms with van der Waals surface area (Å²) in [7, 11) is 1.58. The molecule has 0 bridgehead atoms. The summed E-state index contributed by atoms with van der Waals surface area (Å²) in [5.74, 6) is 0.181. The minimum Gasteiger partial charge on any atom is -0.496 e. The van der Waals surface area contributed by atoms with Gasteiger partial charge >= 0.3 is 5.97 Å². The van der Waals surface area contributed by atoms with Crippen LogP contribution in [0, 0.1) is 0 Å². The Morgan fingerprint density at radius 3 is 2.34 bits per heavy atom. The van der Waals surface area contributed by atoms with Crippen molar-refractivity contribution in [2.45, 2.75) is 10.6 Å². The van der Waals surface area contributed by atoms with Gasteiger partial charge in [0.15, 0.2) is 0 Å². The van der Waals surface area contributed by atoms with Crippen LogP contribution < -0.4 is 4.74 Å². The summed E-state index contributed by atoms with van der Waals surface area (Å²) in [5.41, 5.74) is 2.79. The Balaban J connectivity index is 1.97. The van der Waals surface area contributed by atoms with Gasteiger partial charge in [-0.2, -0.15) is 0 Å². The molecular weight excluding hydrogens is 450 g/mol. The van der Waals surface area contributed by atoms with E-state index in [-0.39, 0.29) is 0 Å². The van der Waals surface area contributed by atoms with Crippen LogP contribution in [0.3, 0.4) is 0 Å². The number of carboxylic acid groups (broad SMARTS) is 1. The second kappa shape index (κ2) is 8.35. The van der Waals surface area contributed by atoms with Crippen LogP contribution >= 0.6 is 27.7 Å². The molecule has 146 valence electrons. The molecule has 0 aliphatic heterocycles. The minimum atomic E-state index is -0.947. The molecule has 0 fully saturated rings. The normalized spacial score (nSPS) is 11.0. The number of benzene rings is 3. The van der Waals surface area contributed by atoms with Crippen LogP contribution in [0.25, 0.3) is 16.6 Å². The van der Waals surface area contributed by atoms with E-state index in [0.717, 1.165) is 26.3 Å². The van der Waals surface area contributed by atoms with Crippen LogP contribution in [0.4, 0.5) is 0 Å². The van der Waals surface area contributed by atoms with E-state index < -0.39 is 5.97 Å². The molecule has 0 spiro atoms. The Kier molecular flexibility index (Phi) is 5.65. The second-order valence-electron chi connectivity index (χ2n) is 6.40. The van der Waals surface area contributed by atoms with Gasteiger partial charge in [0.1, 0.15) is 5.75 Å². The predicted molar refractivity (Wildman–Crippen MR) is 120 cm³/mol. The third-order valence-electron chi connectivity index (χ3n) is 4.69. The Morgan fingerprint density at radius 2 is 1.72 bits per heavy atom. The summed E-state index contributed by atoms with van der Waals surface area (Å²) < 4.78 is 8.22. The number of aromatic nitrogens is 1. The highest BCUT2D eigenvalue weighted by atomic mass is 79.9. The summed E-state index contributed by atoms with van der Waals surface area (Å²) in [6.07, 6.45) is 0. The van der Waals surface area contributed by atoms with Gasteiger partial charge in [0, 0.05) is 27.4 Å². The molecule has 6 heteroatoms. The van der Waals surface area contributed by atoms with Crippen molar-refractivity contribution >= 4 is 44.6 Å². The van der Waals surface area contributed by atoms with E-state index in [2.05, 4.69) is 15.9 Å². The van der Waals surface area contributed by atoms with Gasteiger partial charge in [-0.05, 0) is 52.3 Å². The lowest BCUT2D eigenvalue weighted by Crippen LogP contribution is -2.05. The number of carbonyl (C=O) groups is 1. The molecule has 1 heterocycles. The van der Waals surface area contributed by atoms with E-state index in [1.165, 1.54) is 0 Å². The van der Waals surface area contributed by atoms with Crippen molar-refractivity contribution in [2.24, 2.45) is 0 Å². The van der Waals surface area contributed by atoms with Gasteiger partial charge in [-0.3, -0.25) is 0 Å². The SMILES string of the molecule is COc1cc2c(C(=O)O)c(CSc3ccccc3)n(-c3ccccc3)c2cc1Br. The van der Waals surface area contributed by atoms with Crippen LogP contribution in [0.5, 0.6) is 5.75 Å². The van der Waals surface area contributed by atoms with Gasteiger partial charge in [0.2, 0.25) is 0 Å². The van der Waals surface area contributed by atoms with Crippen LogP contribution in [0.15, 0.2) is 82.2 Å². The van der Waals surface area contributed by atoms with Gasteiger partial charge in [-0.15, -0.1) is 11.8 Å². The molecule has 0 atom stereocenters. The predicted octanol–water partition coefficient (Wildman–Crippen LogP) is 6.39. The number of nitrogens with zero attached hydrogens (tertiary/aromatic N) is 1. The van der Waals surface area contributed by atoms with Crippen molar-refractivity contribution < 1.29 is 14.6 Å². The van der Waals surface area contributed by atoms with Gasteiger partial charge in [0.25, 0.3) is 0 Å². The van der Waals surface area contributed by atoms with Crippen LogP contribution in [-0.4, -0.2) is 22.8 Å². The monoisotopic (exact) mass is 467 g/mol. The molecule has 1 N–H and O–H groups in total. The number of carboxylic acids is 1. The number of methoxy groups -OCH3 is 1. The zero-order valence-electron chi connectivity index (χ0n) is 15.6. The number of hydrogen-bond donors (Lipinski definition) is 1. The molecule has 0 saturated carbocycles. The largest absolute Gasteiger partial charge is 0.496 e. The molecule has 0 aliphatic carbocycles. The molecule has 29 heavy (non-hydrogen) atoms. The highest BCUT2D eigenvalue weighted by Gasteiger charge is 2.24. The second-order valence-corrected chi connectivity index (χ2v) is 8.31. The first kappa shape index (κ1) is 19.6. The number of thioether (sulfide) groups is 1. The van der Waals surface area contributed by atoms with E-state index in [1.807, 2.05) is 71.3 Å². The first-order valence-electron chi connectivity index (χ1n) is 8.97. The fourth-order valence-electron chi connectivity index (χ4n) is 3.41. The minimum absolute atomic E-state index is 0.304. The maximum absolute atomic E-state index is 12.3. The van der Waals surface area contributed by atoms with E-state index >= 15 is 0 Å². The Hall–Kier alpha value is -2.70. The smallest absolute Gasteiger partial charge is 0.338 e. The maximum Gasteiger partial charge on any atom is 0.338 e. The van der Waals surface area contributed by atoms with Crippen LogP contribution in [0.2, 0.25) is 0 Å². The van der Waals surface area contributed by atoms with E-state index in [4.69, 9.17) is 4.74 Å². The molecule has 4 rings (SSSR count). The van der Waals surface area contributed by atoms with Gasteiger partial charge < -0.3 is 14.4 Å². The van der Waals surface area contributed by atoms with Gasteiger partial charge in [0.05, 0.1) is 22.7 Å². The molecule has 0 saturated heterocycles. The Morgan fingerprint density at radius 1 is 1.07 bits per heavy atom. The first-order chi connectivity index (χ1) is 14.1. The number of ether oxygens (including phenoxy) is 1. The van der Waals surface area contributed by atoms with E-state index in [1.54, 1.807) is 24.9 Å². The fourth-order valence-corrected chi connectivity index (χ4v) is 4.83. The van der Waals surface area contributed by atoms with Crippen molar-refractivity contribution in [3.05, 3.63) is 88.5 Å². The Bertz CT molecular complexity index is 1170.